The van der Waals surface area contributed by atoms with Gasteiger partial charge in [-0.2, -0.15) is 5.26 Å². The Kier molecular flexibility index (Phi) is 4.74. The van der Waals surface area contributed by atoms with Crippen LogP contribution in [-0.4, -0.2) is 30.7 Å². The lowest BCUT2D eigenvalue weighted by Crippen LogP contribution is -2.39. The lowest BCUT2D eigenvalue weighted by molar-refractivity contribution is 0.00363. The van der Waals surface area contributed by atoms with Crippen molar-refractivity contribution in [3.63, 3.8) is 0 Å². The van der Waals surface area contributed by atoms with Gasteiger partial charge in [0.05, 0.1) is 17.7 Å². The van der Waals surface area contributed by atoms with Gasteiger partial charge in [0, 0.05) is 19.7 Å². The second-order valence-electron chi connectivity index (χ2n) is 4.76. The zero-order valence-electron chi connectivity index (χ0n) is 10.9. The molecule has 1 fully saturated rings. The summed E-state index contributed by atoms with van der Waals surface area (Å²) >= 11 is 0. The molecule has 18 heavy (non-hydrogen) atoms. The van der Waals surface area contributed by atoms with Gasteiger partial charge >= 0.3 is 0 Å². The van der Waals surface area contributed by atoms with E-state index >= 15 is 0 Å². The molecule has 1 aromatic rings. The van der Waals surface area contributed by atoms with Crippen molar-refractivity contribution in [1.29, 1.82) is 5.26 Å². The molecule has 1 aliphatic rings. The maximum absolute atomic E-state index is 8.77. The molecular formula is C15H20N2O. The maximum atomic E-state index is 8.77. The summed E-state index contributed by atoms with van der Waals surface area (Å²) in [6.45, 7) is 5.97. The fraction of sp³-hybridized carbons (Fsp3) is 0.533. The van der Waals surface area contributed by atoms with Gasteiger partial charge < -0.3 is 4.74 Å². The molecule has 1 aromatic carbocycles. The van der Waals surface area contributed by atoms with Crippen molar-refractivity contribution in [1.82, 2.24) is 4.90 Å². The lowest BCUT2D eigenvalue weighted by Gasteiger charge is -2.32. The van der Waals surface area contributed by atoms with Gasteiger partial charge in [-0.15, -0.1) is 0 Å². The highest BCUT2D eigenvalue weighted by molar-refractivity contribution is 5.31. The molecule has 0 bridgehead atoms. The second-order valence-corrected chi connectivity index (χ2v) is 4.76. The van der Waals surface area contributed by atoms with E-state index in [1.54, 1.807) is 0 Å². The number of nitriles is 1. The van der Waals surface area contributed by atoms with Gasteiger partial charge in [0.15, 0.2) is 0 Å². The molecule has 0 aliphatic carbocycles. The number of likely N-dealkylation sites (tertiary alicyclic amines) is 1. The third-order valence-electron chi connectivity index (χ3n) is 3.35. The minimum atomic E-state index is 0.391. The summed E-state index contributed by atoms with van der Waals surface area (Å²) in [6, 6.07) is 10.0. The molecule has 1 heterocycles. The van der Waals surface area contributed by atoms with Crippen molar-refractivity contribution in [3.05, 3.63) is 35.4 Å². The van der Waals surface area contributed by atoms with Gasteiger partial charge in [-0.3, -0.25) is 4.90 Å². The minimum Gasteiger partial charge on any atom is -0.377 e. The first-order valence-corrected chi connectivity index (χ1v) is 6.65. The van der Waals surface area contributed by atoms with Gasteiger partial charge in [0.1, 0.15) is 0 Å². The number of ether oxygens (including phenoxy) is 1. The summed E-state index contributed by atoms with van der Waals surface area (Å²) < 4.78 is 5.70. The number of rotatable bonds is 4. The van der Waals surface area contributed by atoms with Crippen LogP contribution in [0.3, 0.4) is 0 Å². The van der Waals surface area contributed by atoms with E-state index in [-0.39, 0.29) is 0 Å². The van der Waals surface area contributed by atoms with Gasteiger partial charge in [-0.1, -0.05) is 12.1 Å². The fourth-order valence-corrected chi connectivity index (χ4v) is 2.47. The molecule has 3 nitrogen and oxygen atoms in total. The van der Waals surface area contributed by atoms with Crippen LogP contribution in [0, 0.1) is 11.3 Å². The van der Waals surface area contributed by atoms with Crippen LogP contribution in [0.15, 0.2) is 24.3 Å². The largest absolute Gasteiger partial charge is 0.377 e. The highest BCUT2D eigenvalue weighted by Gasteiger charge is 2.19. The van der Waals surface area contributed by atoms with Gasteiger partial charge in [-0.25, -0.2) is 0 Å². The van der Waals surface area contributed by atoms with E-state index in [0.717, 1.165) is 31.8 Å². The van der Waals surface area contributed by atoms with Crippen LogP contribution in [-0.2, 0) is 11.3 Å². The smallest absolute Gasteiger partial charge is 0.0991 e. The van der Waals surface area contributed by atoms with E-state index in [1.165, 1.54) is 18.4 Å². The van der Waals surface area contributed by atoms with Crippen LogP contribution in [0.25, 0.3) is 0 Å². The molecule has 0 unspecified atom stereocenters. The predicted molar refractivity (Wildman–Crippen MR) is 71.1 cm³/mol. The summed E-state index contributed by atoms with van der Waals surface area (Å²) in [5.74, 6) is 0. The molecule has 0 N–H and O–H groups in total. The van der Waals surface area contributed by atoms with E-state index in [1.807, 2.05) is 24.3 Å². The Morgan fingerprint density at radius 3 is 2.83 bits per heavy atom. The number of hydrogen-bond donors (Lipinski definition) is 0. The Morgan fingerprint density at radius 1 is 1.39 bits per heavy atom. The van der Waals surface area contributed by atoms with Crippen molar-refractivity contribution in [2.75, 3.05) is 19.7 Å². The van der Waals surface area contributed by atoms with E-state index < -0.39 is 0 Å². The molecule has 0 saturated carbocycles. The third-order valence-corrected chi connectivity index (χ3v) is 3.35. The van der Waals surface area contributed by atoms with E-state index in [2.05, 4.69) is 17.9 Å². The standard InChI is InChI=1S/C15H20N2O/c1-2-18-15-4-3-9-17(12-15)11-14-7-5-13(10-16)6-8-14/h5-8,15H,2-4,9,11-12H2,1H3/t15-/m1/s1. The molecule has 0 spiro atoms. The van der Waals surface area contributed by atoms with Crippen molar-refractivity contribution in [3.8, 4) is 6.07 Å². The average molecular weight is 244 g/mol. The Balaban J connectivity index is 1.90. The molecule has 96 valence electrons. The number of hydrogen-bond acceptors (Lipinski definition) is 3. The van der Waals surface area contributed by atoms with E-state index in [9.17, 15) is 0 Å². The summed E-state index contributed by atoms with van der Waals surface area (Å²) in [5.41, 5.74) is 2.00. The lowest BCUT2D eigenvalue weighted by atomic mass is 10.1. The highest BCUT2D eigenvalue weighted by atomic mass is 16.5. The first-order valence-electron chi connectivity index (χ1n) is 6.65. The summed E-state index contributed by atoms with van der Waals surface area (Å²) in [7, 11) is 0. The van der Waals surface area contributed by atoms with Gasteiger partial charge in [-0.05, 0) is 44.0 Å². The van der Waals surface area contributed by atoms with Crippen molar-refractivity contribution >= 4 is 0 Å². The number of piperidine rings is 1. The van der Waals surface area contributed by atoms with Crippen LogP contribution >= 0.6 is 0 Å². The van der Waals surface area contributed by atoms with Gasteiger partial charge in [0.2, 0.25) is 0 Å². The summed E-state index contributed by atoms with van der Waals surface area (Å²) in [5, 5.41) is 8.77. The van der Waals surface area contributed by atoms with Crippen LogP contribution in [0.2, 0.25) is 0 Å². The van der Waals surface area contributed by atoms with Crippen molar-refractivity contribution in [2.24, 2.45) is 0 Å². The molecule has 0 amide bonds. The van der Waals surface area contributed by atoms with Crippen LogP contribution in [0.1, 0.15) is 30.9 Å². The Morgan fingerprint density at radius 2 is 2.17 bits per heavy atom. The first-order chi connectivity index (χ1) is 8.81. The molecule has 3 heteroatoms. The Labute approximate surface area is 109 Å². The Hall–Kier alpha value is -1.37. The number of benzene rings is 1. The van der Waals surface area contributed by atoms with Crippen molar-refractivity contribution in [2.45, 2.75) is 32.4 Å². The monoisotopic (exact) mass is 244 g/mol. The molecule has 1 atom stereocenters. The van der Waals surface area contributed by atoms with Crippen LogP contribution < -0.4 is 0 Å². The third kappa shape index (κ3) is 3.56. The first kappa shape index (κ1) is 13.1. The highest BCUT2D eigenvalue weighted by Crippen LogP contribution is 2.16. The zero-order chi connectivity index (χ0) is 12.8. The maximum Gasteiger partial charge on any atom is 0.0991 e. The quantitative estimate of drug-likeness (QED) is 0.816. The molecular weight excluding hydrogens is 224 g/mol. The topological polar surface area (TPSA) is 36.3 Å². The summed E-state index contributed by atoms with van der Waals surface area (Å²) in [4.78, 5) is 2.44. The number of nitrogens with zero attached hydrogens (tertiary/aromatic N) is 2. The fourth-order valence-electron chi connectivity index (χ4n) is 2.47. The normalized spacial score (nSPS) is 20.6. The van der Waals surface area contributed by atoms with Gasteiger partial charge in [0.25, 0.3) is 0 Å². The van der Waals surface area contributed by atoms with E-state index in [0.29, 0.717) is 6.10 Å². The second kappa shape index (κ2) is 6.53. The van der Waals surface area contributed by atoms with Crippen molar-refractivity contribution < 1.29 is 4.74 Å². The van der Waals surface area contributed by atoms with Crippen LogP contribution in [0.4, 0.5) is 0 Å². The predicted octanol–water partition coefficient (Wildman–Crippen LogP) is 2.56. The molecule has 1 saturated heterocycles. The zero-order valence-corrected chi connectivity index (χ0v) is 10.9. The summed E-state index contributed by atoms with van der Waals surface area (Å²) in [6.07, 6.45) is 2.78. The SMILES string of the molecule is CCO[C@@H]1CCCN(Cc2ccc(C#N)cc2)C1. The van der Waals surface area contributed by atoms with E-state index in [4.69, 9.17) is 10.00 Å². The molecule has 0 radical (unpaired) electrons. The van der Waals surface area contributed by atoms with Crippen LogP contribution in [0.5, 0.6) is 0 Å². The minimum absolute atomic E-state index is 0.391. The molecule has 1 aliphatic heterocycles. The molecule has 2 rings (SSSR count). The average Bonchev–Trinajstić information content (AvgIpc) is 2.40. The molecule has 0 aromatic heterocycles. The Bertz CT molecular complexity index is 405.